The maximum atomic E-state index is 13.3. The quantitative estimate of drug-likeness (QED) is 0.618. The Morgan fingerprint density at radius 2 is 1.76 bits per heavy atom. The minimum atomic E-state index is -0.709. The number of ether oxygens (including phenoxy) is 1. The van der Waals surface area contributed by atoms with E-state index in [-0.39, 0.29) is 29.2 Å². The smallest absolute Gasteiger partial charge is 0.411 e. The molecule has 2 aromatic carbocycles. The van der Waals surface area contributed by atoms with Crippen molar-refractivity contribution in [3.63, 3.8) is 0 Å². The number of nitrogens with one attached hydrogen (secondary N) is 1. The van der Waals surface area contributed by atoms with E-state index in [2.05, 4.69) is 5.32 Å². The molecule has 0 aliphatic carbocycles. The number of fused-ring (bicyclic) bond motifs is 1. The molecule has 0 saturated heterocycles. The third kappa shape index (κ3) is 3.85. The molecule has 3 rings (SSSR count). The lowest BCUT2D eigenvalue weighted by atomic mass is 9.99. The van der Waals surface area contributed by atoms with Crippen LogP contribution in [-0.4, -0.2) is 28.2 Å². The molecule has 0 bridgehead atoms. The van der Waals surface area contributed by atoms with Gasteiger partial charge in [0.1, 0.15) is 11.3 Å². The number of para-hydroxylation sites is 2. The molecular weight excluding hydrogens is 372 g/mol. The van der Waals surface area contributed by atoms with Gasteiger partial charge < -0.3 is 14.4 Å². The van der Waals surface area contributed by atoms with Gasteiger partial charge >= 0.3 is 6.09 Å². The number of carbonyl (C=O) groups is 2. The number of aryl methyl sites for hydroxylation is 1. The Labute approximate surface area is 167 Å². The number of pyridine rings is 1. The second-order valence-corrected chi connectivity index (χ2v) is 6.42. The van der Waals surface area contributed by atoms with Crippen molar-refractivity contribution in [3.8, 4) is 5.75 Å². The number of aromatic hydroxyl groups is 1. The van der Waals surface area contributed by atoms with E-state index in [1.165, 1.54) is 16.7 Å². The summed E-state index contributed by atoms with van der Waals surface area (Å²) in [5.41, 5.74) is -0.0446. The Bertz CT molecular complexity index is 1130. The normalized spacial score (nSPS) is 10.7. The molecule has 0 saturated carbocycles. The lowest BCUT2D eigenvalue weighted by molar-refractivity contribution is 0.103. The number of amides is 1. The van der Waals surface area contributed by atoms with Gasteiger partial charge in [0.2, 0.25) is 5.78 Å². The van der Waals surface area contributed by atoms with E-state index in [9.17, 15) is 19.5 Å². The SMILES string of the molecule is CCCn1c(=O)c(C(=O)c2ccccc2NC(=O)OCC)c(O)c2ccccc21. The minimum absolute atomic E-state index is 0.0892. The first-order chi connectivity index (χ1) is 14.0. The molecule has 1 heterocycles. The predicted octanol–water partition coefficient (Wildman–Crippen LogP) is 3.92. The summed E-state index contributed by atoms with van der Waals surface area (Å²) < 4.78 is 6.36. The van der Waals surface area contributed by atoms with Crippen LogP contribution >= 0.6 is 0 Å². The molecule has 0 atom stereocenters. The number of ketones is 1. The van der Waals surface area contributed by atoms with E-state index in [4.69, 9.17) is 4.74 Å². The van der Waals surface area contributed by atoms with Crippen LogP contribution in [0.2, 0.25) is 0 Å². The van der Waals surface area contributed by atoms with Gasteiger partial charge in [-0.3, -0.25) is 14.9 Å². The summed E-state index contributed by atoms with van der Waals surface area (Å²) in [6.45, 7) is 4.17. The second kappa shape index (κ2) is 8.60. The van der Waals surface area contributed by atoms with Gasteiger partial charge in [0.25, 0.3) is 5.56 Å². The summed E-state index contributed by atoms with van der Waals surface area (Å²) in [7, 11) is 0. The van der Waals surface area contributed by atoms with Crippen molar-refractivity contribution < 1.29 is 19.4 Å². The lowest BCUT2D eigenvalue weighted by Gasteiger charge is -2.15. The van der Waals surface area contributed by atoms with E-state index in [0.717, 1.165) is 0 Å². The van der Waals surface area contributed by atoms with Crippen LogP contribution in [0.3, 0.4) is 0 Å². The number of nitrogens with zero attached hydrogens (tertiary/aromatic N) is 1. The molecule has 2 N–H and O–H groups in total. The summed E-state index contributed by atoms with van der Waals surface area (Å²) in [4.78, 5) is 38.2. The fourth-order valence-corrected chi connectivity index (χ4v) is 3.24. The Balaban J connectivity index is 2.19. The molecule has 0 aliphatic rings. The van der Waals surface area contributed by atoms with Crippen molar-refractivity contribution >= 4 is 28.5 Å². The first-order valence-corrected chi connectivity index (χ1v) is 9.41. The molecule has 29 heavy (non-hydrogen) atoms. The van der Waals surface area contributed by atoms with Gasteiger partial charge in [-0.15, -0.1) is 0 Å². The van der Waals surface area contributed by atoms with Crippen LogP contribution in [0, 0.1) is 0 Å². The van der Waals surface area contributed by atoms with Gasteiger partial charge in [0.05, 0.1) is 17.8 Å². The zero-order valence-corrected chi connectivity index (χ0v) is 16.3. The van der Waals surface area contributed by atoms with Crippen LogP contribution in [0.25, 0.3) is 10.9 Å². The van der Waals surface area contributed by atoms with E-state index in [0.29, 0.717) is 23.9 Å². The summed E-state index contributed by atoms with van der Waals surface area (Å²) in [6.07, 6.45) is -0.0255. The van der Waals surface area contributed by atoms with Crippen molar-refractivity contribution in [1.29, 1.82) is 0 Å². The van der Waals surface area contributed by atoms with Gasteiger partial charge in [-0.25, -0.2) is 4.79 Å². The van der Waals surface area contributed by atoms with Gasteiger partial charge in [-0.05, 0) is 37.6 Å². The summed E-state index contributed by atoms with van der Waals surface area (Å²) in [6, 6.07) is 13.2. The Kier molecular flexibility index (Phi) is 5.97. The molecule has 1 amide bonds. The number of rotatable bonds is 6. The standard InChI is InChI=1S/C22H22N2O5/c1-3-13-24-17-12-8-6-10-15(17)20(26)18(21(24)27)19(25)14-9-5-7-11-16(14)23-22(28)29-4-2/h5-12,26H,3-4,13H2,1-2H3,(H,23,28). The fourth-order valence-electron chi connectivity index (χ4n) is 3.24. The third-order valence-electron chi connectivity index (χ3n) is 4.50. The molecule has 0 radical (unpaired) electrons. The molecule has 0 spiro atoms. The Hall–Kier alpha value is -3.61. The van der Waals surface area contributed by atoms with Crippen LogP contribution in [0.4, 0.5) is 10.5 Å². The third-order valence-corrected chi connectivity index (χ3v) is 4.50. The maximum absolute atomic E-state index is 13.3. The zero-order valence-electron chi connectivity index (χ0n) is 16.3. The number of hydrogen-bond donors (Lipinski definition) is 2. The first-order valence-electron chi connectivity index (χ1n) is 9.41. The summed E-state index contributed by atoms with van der Waals surface area (Å²) >= 11 is 0. The van der Waals surface area contributed by atoms with E-state index < -0.39 is 17.4 Å². The number of anilines is 1. The van der Waals surface area contributed by atoms with E-state index in [1.54, 1.807) is 43.3 Å². The molecule has 150 valence electrons. The molecule has 0 fully saturated rings. The summed E-state index contributed by atoms with van der Waals surface area (Å²) in [5, 5.41) is 13.7. The van der Waals surface area contributed by atoms with E-state index in [1.807, 2.05) is 6.92 Å². The highest BCUT2D eigenvalue weighted by Crippen LogP contribution is 2.29. The summed E-state index contributed by atoms with van der Waals surface area (Å²) in [5.74, 6) is -1.04. The average Bonchev–Trinajstić information content (AvgIpc) is 2.71. The minimum Gasteiger partial charge on any atom is -0.506 e. The van der Waals surface area contributed by atoms with Crippen molar-refractivity contribution in [3.05, 3.63) is 70.0 Å². The number of benzene rings is 2. The van der Waals surface area contributed by atoms with Crippen LogP contribution in [0.5, 0.6) is 5.75 Å². The van der Waals surface area contributed by atoms with E-state index >= 15 is 0 Å². The first kappa shape index (κ1) is 20.1. The van der Waals surface area contributed by atoms with Crippen molar-refractivity contribution in [1.82, 2.24) is 4.57 Å². The van der Waals surface area contributed by atoms with Gasteiger partial charge in [0.15, 0.2) is 0 Å². The van der Waals surface area contributed by atoms with Crippen LogP contribution in [-0.2, 0) is 11.3 Å². The van der Waals surface area contributed by atoms with Crippen molar-refractivity contribution in [2.24, 2.45) is 0 Å². The molecule has 7 nitrogen and oxygen atoms in total. The molecule has 3 aromatic rings. The van der Waals surface area contributed by atoms with Crippen LogP contribution in [0.1, 0.15) is 36.2 Å². The van der Waals surface area contributed by atoms with Crippen molar-refractivity contribution in [2.45, 2.75) is 26.8 Å². The molecular formula is C22H22N2O5. The highest BCUT2D eigenvalue weighted by atomic mass is 16.5. The zero-order chi connectivity index (χ0) is 21.0. The molecule has 1 aromatic heterocycles. The molecule has 0 aliphatic heterocycles. The average molecular weight is 394 g/mol. The van der Waals surface area contributed by atoms with Crippen LogP contribution in [0.15, 0.2) is 53.3 Å². The predicted molar refractivity (Wildman–Crippen MR) is 111 cm³/mol. The van der Waals surface area contributed by atoms with Gasteiger partial charge in [0, 0.05) is 17.5 Å². The number of carbonyl (C=O) groups excluding carboxylic acids is 2. The fraction of sp³-hybridized carbons (Fsp3) is 0.227. The van der Waals surface area contributed by atoms with Gasteiger partial charge in [-0.2, -0.15) is 0 Å². The highest BCUT2D eigenvalue weighted by Gasteiger charge is 2.25. The Morgan fingerprint density at radius 1 is 1.07 bits per heavy atom. The largest absolute Gasteiger partial charge is 0.506 e. The number of aromatic nitrogens is 1. The highest BCUT2D eigenvalue weighted by molar-refractivity contribution is 6.16. The number of hydrogen-bond acceptors (Lipinski definition) is 5. The van der Waals surface area contributed by atoms with Crippen molar-refractivity contribution in [2.75, 3.05) is 11.9 Å². The molecule has 0 unspecified atom stereocenters. The Morgan fingerprint density at radius 3 is 2.48 bits per heavy atom. The topological polar surface area (TPSA) is 97.6 Å². The lowest BCUT2D eigenvalue weighted by Crippen LogP contribution is -2.28. The monoisotopic (exact) mass is 394 g/mol. The van der Waals surface area contributed by atoms with Crippen LogP contribution < -0.4 is 10.9 Å². The maximum Gasteiger partial charge on any atom is 0.411 e. The second-order valence-electron chi connectivity index (χ2n) is 6.42. The van der Waals surface area contributed by atoms with Gasteiger partial charge in [-0.1, -0.05) is 31.2 Å². The molecule has 7 heteroatoms.